The summed E-state index contributed by atoms with van der Waals surface area (Å²) in [5.74, 6) is 0.956. The predicted octanol–water partition coefficient (Wildman–Crippen LogP) is 3.50. The van der Waals surface area contributed by atoms with Crippen LogP contribution in [0.4, 0.5) is 0 Å². The van der Waals surface area contributed by atoms with Gasteiger partial charge in [0.15, 0.2) is 0 Å². The van der Waals surface area contributed by atoms with E-state index in [4.69, 9.17) is 4.74 Å². The third kappa shape index (κ3) is 1.27. The van der Waals surface area contributed by atoms with Crippen LogP contribution in [-0.4, -0.2) is 19.1 Å². The van der Waals surface area contributed by atoms with Gasteiger partial charge in [-0.1, -0.05) is 30.3 Å². The molecular formula is C18H19NO. The summed E-state index contributed by atoms with van der Waals surface area (Å²) >= 11 is 0. The molecule has 2 heteroatoms. The summed E-state index contributed by atoms with van der Waals surface area (Å²) in [5.41, 5.74) is 5.76. The van der Waals surface area contributed by atoms with E-state index in [9.17, 15) is 0 Å². The summed E-state index contributed by atoms with van der Waals surface area (Å²) in [5, 5.41) is 0. The third-order valence-electron chi connectivity index (χ3n) is 5.27. The lowest BCUT2D eigenvalue weighted by Gasteiger charge is -2.42. The Morgan fingerprint density at radius 2 is 1.95 bits per heavy atom. The van der Waals surface area contributed by atoms with Crippen LogP contribution in [0.1, 0.15) is 35.2 Å². The van der Waals surface area contributed by atoms with E-state index in [1.165, 1.54) is 22.3 Å². The Morgan fingerprint density at radius 1 is 1.15 bits per heavy atom. The van der Waals surface area contributed by atoms with Gasteiger partial charge < -0.3 is 4.74 Å². The highest BCUT2D eigenvalue weighted by atomic mass is 16.5. The summed E-state index contributed by atoms with van der Waals surface area (Å²) in [6, 6.07) is 15.9. The zero-order chi connectivity index (χ0) is 13.9. The molecule has 2 aliphatic heterocycles. The minimum atomic E-state index is -0.0128. The topological polar surface area (TPSA) is 12.5 Å². The number of rotatable bonds is 1. The molecule has 0 N–H and O–H groups in total. The largest absolute Gasteiger partial charge is 0.497 e. The van der Waals surface area contributed by atoms with Crippen LogP contribution in [0.25, 0.3) is 0 Å². The average Bonchev–Trinajstić information content (AvgIpc) is 2.63. The second-order valence-corrected chi connectivity index (χ2v) is 6.01. The van der Waals surface area contributed by atoms with Crippen LogP contribution in [0, 0.1) is 0 Å². The fourth-order valence-corrected chi connectivity index (χ4v) is 4.06. The minimum Gasteiger partial charge on any atom is -0.497 e. The van der Waals surface area contributed by atoms with Gasteiger partial charge in [-0.2, -0.15) is 0 Å². The highest BCUT2D eigenvalue weighted by molar-refractivity contribution is 5.56. The number of hydrogen-bond donors (Lipinski definition) is 0. The molecule has 2 bridgehead atoms. The van der Waals surface area contributed by atoms with Crippen LogP contribution in [0.15, 0.2) is 42.5 Å². The van der Waals surface area contributed by atoms with E-state index < -0.39 is 0 Å². The maximum absolute atomic E-state index is 5.41. The second-order valence-electron chi connectivity index (χ2n) is 6.01. The van der Waals surface area contributed by atoms with Gasteiger partial charge in [-0.05, 0) is 54.8 Å². The summed E-state index contributed by atoms with van der Waals surface area (Å²) < 4.78 is 5.41. The molecule has 0 radical (unpaired) electrons. The molecule has 20 heavy (non-hydrogen) atoms. The van der Waals surface area contributed by atoms with Crippen LogP contribution in [-0.2, 0) is 12.0 Å². The normalized spacial score (nSPS) is 27.1. The number of ether oxygens (including phenoxy) is 1. The monoisotopic (exact) mass is 265 g/mol. The SMILES string of the molecule is COc1ccc2c(c1)C1Cc3ccccc3C2(C)N1C. The molecule has 102 valence electrons. The van der Waals surface area contributed by atoms with Gasteiger partial charge in [0.25, 0.3) is 0 Å². The first-order valence-corrected chi connectivity index (χ1v) is 7.16. The molecule has 0 saturated heterocycles. The molecule has 2 unspecified atom stereocenters. The predicted molar refractivity (Wildman–Crippen MR) is 80.1 cm³/mol. The Labute approximate surface area is 120 Å². The first-order chi connectivity index (χ1) is 9.66. The van der Waals surface area contributed by atoms with Crippen molar-refractivity contribution in [2.75, 3.05) is 14.2 Å². The number of hydrogen-bond acceptors (Lipinski definition) is 2. The van der Waals surface area contributed by atoms with Crippen molar-refractivity contribution in [2.45, 2.75) is 24.9 Å². The molecule has 2 aliphatic rings. The van der Waals surface area contributed by atoms with Crippen molar-refractivity contribution in [1.82, 2.24) is 4.90 Å². The van der Waals surface area contributed by atoms with Gasteiger partial charge in [0.1, 0.15) is 5.75 Å². The third-order valence-corrected chi connectivity index (χ3v) is 5.27. The van der Waals surface area contributed by atoms with E-state index in [2.05, 4.69) is 61.3 Å². The summed E-state index contributed by atoms with van der Waals surface area (Å²) in [6.07, 6.45) is 1.09. The highest BCUT2D eigenvalue weighted by Crippen LogP contribution is 2.54. The molecule has 0 amide bonds. The number of methoxy groups -OCH3 is 1. The second kappa shape index (κ2) is 3.86. The van der Waals surface area contributed by atoms with E-state index >= 15 is 0 Å². The lowest BCUT2D eigenvalue weighted by Crippen LogP contribution is -2.42. The maximum Gasteiger partial charge on any atom is 0.119 e. The average molecular weight is 265 g/mol. The molecule has 4 rings (SSSR count). The number of benzene rings is 2. The van der Waals surface area contributed by atoms with E-state index in [1.54, 1.807) is 7.11 Å². The molecule has 2 aromatic carbocycles. The van der Waals surface area contributed by atoms with Crippen LogP contribution in [0.2, 0.25) is 0 Å². The minimum absolute atomic E-state index is 0.0128. The van der Waals surface area contributed by atoms with Crippen molar-refractivity contribution in [3.05, 3.63) is 64.7 Å². The van der Waals surface area contributed by atoms with Gasteiger partial charge in [0.05, 0.1) is 12.6 Å². The van der Waals surface area contributed by atoms with Gasteiger partial charge in [0, 0.05) is 6.04 Å². The smallest absolute Gasteiger partial charge is 0.119 e. The van der Waals surface area contributed by atoms with Crippen LogP contribution < -0.4 is 4.74 Å². The molecule has 2 heterocycles. The Kier molecular flexibility index (Phi) is 2.31. The standard InChI is InChI=1S/C18H19NO/c1-18-15-7-5-4-6-12(15)10-17(19(18)2)14-11-13(20-3)8-9-16(14)18/h4-9,11,17H,10H2,1-3H3. The Balaban J connectivity index is 2.01. The molecule has 0 aliphatic carbocycles. The van der Waals surface area contributed by atoms with E-state index in [0.717, 1.165) is 12.2 Å². The summed E-state index contributed by atoms with van der Waals surface area (Å²) in [7, 11) is 3.98. The van der Waals surface area contributed by atoms with Crippen molar-refractivity contribution in [3.63, 3.8) is 0 Å². The highest BCUT2D eigenvalue weighted by Gasteiger charge is 2.50. The van der Waals surface area contributed by atoms with Gasteiger partial charge in [0.2, 0.25) is 0 Å². The zero-order valence-corrected chi connectivity index (χ0v) is 12.2. The van der Waals surface area contributed by atoms with E-state index in [1.807, 2.05) is 0 Å². The molecule has 0 saturated carbocycles. The zero-order valence-electron chi connectivity index (χ0n) is 12.2. The summed E-state index contributed by atoms with van der Waals surface area (Å²) in [4.78, 5) is 2.51. The molecule has 0 fully saturated rings. The first-order valence-electron chi connectivity index (χ1n) is 7.16. The lowest BCUT2D eigenvalue weighted by molar-refractivity contribution is 0.133. The van der Waals surface area contributed by atoms with Gasteiger partial charge in [-0.25, -0.2) is 0 Å². The van der Waals surface area contributed by atoms with Crippen LogP contribution in [0.3, 0.4) is 0 Å². The number of fused-ring (bicyclic) bond motifs is 7. The molecular weight excluding hydrogens is 246 g/mol. The van der Waals surface area contributed by atoms with Crippen LogP contribution in [0.5, 0.6) is 5.75 Å². The van der Waals surface area contributed by atoms with Gasteiger partial charge >= 0.3 is 0 Å². The number of nitrogens with zero attached hydrogens (tertiary/aromatic N) is 1. The molecule has 0 spiro atoms. The molecule has 2 nitrogen and oxygen atoms in total. The quantitative estimate of drug-likeness (QED) is 0.782. The Hall–Kier alpha value is -1.80. The molecule has 0 aromatic heterocycles. The Morgan fingerprint density at radius 3 is 2.75 bits per heavy atom. The fourth-order valence-electron chi connectivity index (χ4n) is 4.06. The van der Waals surface area contributed by atoms with E-state index in [-0.39, 0.29) is 5.54 Å². The fraction of sp³-hybridized carbons (Fsp3) is 0.333. The molecule has 2 aromatic rings. The van der Waals surface area contributed by atoms with Crippen molar-refractivity contribution >= 4 is 0 Å². The van der Waals surface area contributed by atoms with Crippen molar-refractivity contribution in [1.29, 1.82) is 0 Å². The van der Waals surface area contributed by atoms with Crippen molar-refractivity contribution in [2.24, 2.45) is 0 Å². The first kappa shape index (κ1) is 12.0. The Bertz CT molecular complexity index is 694. The number of likely N-dealkylation sites (N-methyl/N-ethyl adjacent to an activating group) is 1. The van der Waals surface area contributed by atoms with Crippen molar-refractivity contribution in [3.8, 4) is 5.75 Å². The van der Waals surface area contributed by atoms with Crippen molar-refractivity contribution < 1.29 is 4.74 Å². The van der Waals surface area contributed by atoms with Gasteiger partial charge in [-0.3, -0.25) is 4.90 Å². The maximum atomic E-state index is 5.41. The summed E-state index contributed by atoms with van der Waals surface area (Å²) in [6.45, 7) is 2.34. The van der Waals surface area contributed by atoms with Gasteiger partial charge in [-0.15, -0.1) is 0 Å². The molecule has 2 atom stereocenters. The van der Waals surface area contributed by atoms with E-state index in [0.29, 0.717) is 6.04 Å². The van der Waals surface area contributed by atoms with Crippen LogP contribution >= 0.6 is 0 Å². The lowest BCUT2D eigenvalue weighted by atomic mass is 9.81.